The van der Waals surface area contributed by atoms with Crippen LogP contribution in [0.5, 0.6) is 11.5 Å². The second-order valence-corrected chi connectivity index (χ2v) is 5.12. The second-order valence-electron chi connectivity index (χ2n) is 5.12. The zero-order valence-electron chi connectivity index (χ0n) is 13.0. The van der Waals surface area contributed by atoms with Crippen molar-refractivity contribution in [2.75, 3.05) is 33.9 Å². The number of nitrogens with zero attached hydrogens (tertiary/aromatic N) is 2. The van der Waals surface area contributed by atoms with E-state index in [0.717, 1.165) is 6.42 Å². The Labute approximate surface area is 140 Å². The SMILES string of the molecule is COc1cc(C(=O)N2CCC(CN)C2)c([N+](=O)[O-])cc1OC.Cl. The van der Waals surface area contributed by atoms with Gasteiger partial charge >= 0.3 is 0 Å². The van der Waals surface area contributed by atoms with Crippen molar-refractivity contribution in [1.29, 1.82) is 0 Å². The molecule has 1 heterocycles. The number of hydrogen-bond donors (Lipinski definition) is 1. The van der Waals surface area contributed by atoms with E-state index in [9.17, 15) is 14.9 Å². The number of nitro groups is 1. The van der Waals surface area contributed by atoms with Gasteiger partial charge in [-0.05, 0) is 18.9 Å². The van der Waals surface area contributed by atoms with Crippen molar-refractivity contribution in [2.45, 2.75) is 6.42 Å². The van der Waals surface area contributed by atoms with Crippen molar-refractivity contribution in [2.24, 2.45) is 11.7 Å². The Kier molecular flexibility index (Phi) is 6.59. The van der Waals surface area contributed by atoms with Crippen LogP contribution in [0.15, 0.2) is 12.1 Å². The minimum absolute atomic E-state index is 0. The van der Waals surface area contributed by atoms with Gasteiger partial charge in [0.05, 0.1) is 25.2 Å². The lowest BCUT2D eigenvalue weighted by molar-refractivity contribution is -0.385. The first kappa shape index (κ1) is 19.0. The fourth-order valence-corrected chi connectivity index (χ4v) is 2.57. The highest BCUT2D eigenvalue weighted by atomic mass is 35.5. The van der Waals surface area contributed by atoms with E-state index in [1.165, 1.54) is 26.4 Å². The van der Waals surface area contributed by atoms with Crippen molar-refractivity contribution >= 4 is 24.0 Å². The lowest BCUT2D eigenvalue weighted by Gasteiger charge is -2.17. The molecule has 0 aliphatic carbocycles. The molecule has 2 N–H and O–H groups in total. The maximum Gasteiger partial charge on any atom is 0.286 e. The highest BCUT2D eigenvalue weighted by Crippen LogP contribution is 2.35. The van der Waals surface area contributed by atoms with E-state index in [2.05, 4.69) is 0 Å². The summed E-state index contributed by atoms with van der Waals surface area (Å²) in [4.78, 5) is 24.8. The summed E-state index contributed by atoms with van der Waals surface area (Å²) in [5.41, 5.74) is 5.32. The maximum absolute atomic E-state index is 12.6. The molecule has 1 aliphatic heterocycles. The van der Waals surface area contributed by atoms with E-state index >= 15 is 0 Å². The molecule has 1 aliphatic rings. The Bertz CT molecular complexity index is 596. The average molecular weight is 346 g/mol. The van der Waals surface area contributed by atoms with Crippen LogP contribution >= 0.6 is 12.4 Å². The summed E-state index contributed by atoms with van der Waals surface area (Å²) in [7, 11) is 2.80. The van der Waals surface area contributed by atoms with E-state index in [0.29, 0.717) is 19.6 Å². The second kappa shape index (κ2) is 7.98. The zero-order chi connectivity index (χ0) is 16.3. The Balaban J connectivity index is 0.00000264. The number of benzene rings is 1. The van der Waals surface area contributed by atoms with Crippen LogP contribution in [0.1, 0.15) is 16.8 Å². The van der Waals surface area contributed by atoms with Gasteiger partial charge in [-0.3, -0.25) is 14.9 Å². The minimum Gasteiger partial charge on any atom is -0.493 e. The summed E-state index contributed by atoms with van der Waals surface area (Å²) in [6, 6.07) is 2.57. The molecule has 1 unspecified atom stereocenters. The molecule has 2 rings (SSSR count). The van der Waals surface area contributed by atoms with Gasteiger partial charge in [-0.25, -0.2) is 0 Å². The molecule has 0 spiro atoms. The first-order valence-electron chi connectivity index (χ1n) is 6.91. The number of nitro benzene ring substituents is 1. The number of carbonyl (C=O) groups excluding carboxylic acids is 1. The first-order valence-corrected chi connectivity index (χ1v) is 6.91. The molecule has 9 heteroatoms. The molecule has 0 radical (unpaired) electrons. The van der Waals surface area contributed by atoms with E-state index in [1.807, 2.05) is 0 Å². The minimum atomic E-state index is -0.592. The summed E-state index contributed by atoms with van der Waals surface area (Å²) < 4.78 is 10.2. The van der Waals surface area contributed by atoms with Gasteiger partial charge in [0.25, 0.3) is 11.6 Å². The normalized spacial score (nSPS) is 16.7. The molecule has 0 bridgehead atoms. The van der Waals surface area contributed by atoms with Gasteiger partial charge in [-0.1, -0.05) is 0 Å². The summed E-state index contributed by atoms with van der Waals surface area (Å²) in [5, 5.41) is 11.2. The largest absolute Gasteiger partial charge is 0.493 e. The van der Waals surface area contributed by atoms with Crippen LogP contribution in [0.3, 0.4) is 0 Å². The number of halogens is 1. The quantitative estimate of drug-likeness (QED) is 0.639. The number of amides is 1. The number of carbonyl (C=O) groups is 1. The molecular weight excluding hydrogens is 326 g/mol. The van der Waals surface area contributed by atoms with Crippen LogP contribution in [0.4, 0.5) is 5.69 Å². The maximum atomic E-state index is 12.6. The van der Waals surface area contributed by atoms with Crippen LogP contribution < -0.4 is 15.2 Å². The molecule has 1 aromatic rings. The molecule has 1 amide bonds. The van der Waals surface area contributed by atoms with Crippen molar-refractivity contribution in [1.82, 2.24) is 4.90 Å². The van der Waals surface area contributed by atoms with Gasteiger partial charge in [0.15, 0.2) is 11.5 Å². The molecule has 0 saturated carbocycles. The third kappa shape index (κ3) is 3.83. The smallest absolute Gasteiger partial charge is 0.286 e. The van der Waals surface area contributed by atoms with Crippen LogP contribution in [0, 0.1) is 16.0 Å². The topological polar surface area (TPSA) is 108 Å². The van der Waals surface area contributed by atoms with Gasteiger partial charge in [-0.2, -0.15) is 0 Å². The molecule has 1 saturated heterocycles. The van der Waals surface area contributed by atoms with Crippen molar-refractivity contribution in [3.63, 3.8) is 0 Å². The molecule has 8 nitrogen and oxygen atoms in total. The molecule has 1 atom stereocenters. The first-order chi connectivity index (χ1) is 10.5. The number of rotatable bonds is 5. The Hall–Kier alpha value is -2.06. The van der Waals surface area contributed by atoms with Gasteiger partial charge in [-0.15, -0.1) is 12.4 Å². The van der Waals surface area contributed by atoms with Gasteiger partial charge in [0.1, 0.15) is 5.56 Å². The third-order valence-electron chi connectivity index (χ3n) is 3.84. The number of hydrogen-bond acceptors (Lipinski definition) is 6. The number of methoxy groups -OCH3 is 2. The summed E-state index contributed by atoms with van der Waals surface area (Å²) in [5.74, 6) is 0.352. The van der Waals surface area contributed by atoms with E-state index in [-0.39, 0.29) is 47.0 Å². The molecule has 23 heavy (non-hydrogen) atoms. The van der Waals surface area contributed by atoms with E-state index < -0.39 is 4.92 Å². The summed E-state index contributed by atoms with van der Waals surface area (Å²) >= 11 is 0. The van der Waals surface area contributed by atoms with E-state index in [1.54, 1.807) is 4.90 Å². The Morgan fingerprint density at radius 1 is 1.39 bits per heavy atom. The number of ether oxygens (including phenoxy) is 2. The molecule has 1 fully saturated rings. The molecule has 1 aromatic carbocycles. The lowest BCUT2D eigenvalue weighted by atomic mass is 10.1. The molecular formula is C14H20ClN3O5. The zero-order valence-corrected chi connectivity index (χ0v) is 13.8. The van der Waals surface area contributed by atoms with Crippen LogP contribution in [0.2, 0.25) is 0 Å². The standard InChI is InChI=1S/C14H19N3O5.ClH/c1-21-12-5-10(11(17(19)20)6-13(12)22-2)14(18)16-4-3-9(7-15)8-16;/h5-6,9H,3-4,7-8,15H2,1-2H3;1H. The van der Waals surface area contributed by atoms with Crippen molar-refractivity contribution < 1.29 is 19.2 Å². The van der Waals surface area contributed by atoms with Gasteiger partial charge in [0.2, 0.25) is 0 Å². The average Bonchev–Trinajstić information content (AvgIpc) is 3.01. The number of likely N-dealkylation sites (tertiary alicyclic amines) is 1. The Morgan fingerprint density at radius 2 is 2.00 bits per heavy atom. The summed E-state index contributed by atoms with van der Waals surface area (Å²) in [6.07, 6.45) is 0.809. The van der Waals surface area contributed by atoms with Crippen molar-refractivity contribution in [3.05, 3.63) is 27.8 Å². The van der Waals surface area contributed by atoms with Crippen LogP contribution in [0.25, 0.3) is 0 Å². The van der Waals surface area contributed by atoms with Gasteiger partial charge in [0, 0.05) is 19.2 Å². The predicted octanol–water partition coefficient (Wildman–Crippen LogP) is 1.45. The molecule has 128 valence electrons. The fraction of sp³-hybridized carbons (Fsp3) is 0.500. The predicted molar refractivity (Wildman–Crippen MR) is 86.5 cm³/mol. The highest BCUT2D eigenvalue weighted by molar-refractivity contribution is 5.99. The third-order valence-corrected chi connectivity index (χ3v) is 3.84. The van der Waals surface area contributed by atoms with Crippen LogP contribution in [-0.4, -0.2) is 49.6 Å². The monoisotopic (exact) mass is 345 g/mol. The lowest BCUT2D eigenvalue weighted by Crippen LogP contribution is -2.30. The highest BCUT2D eigenvalue weighted by Gasteiger charge is 2.31. The van der Waals surface area contributed by atoms with Crippen LogP contribution in [-0.2, 0) is 0 Å². The fourth-order valence-electron chi connectivity index (χ4n) is 2.57. The summed E-state index contributed by atoms with van der Waals surface area (Å²) in [6.45, 7) is 1.56. The Morgan fingerprint density at radius 3 is 2.48 bits per heavy atom. The van der Waals surface area contributed by atoms with Crippen molar-refractivity contribution in [3.8, 4) is 11.5 Å². The van der Waals surface area contributed by atoms with Gasteiger partial charge < -0.3 is 20.1 Å². The number of nitrogens with two attached hydrogens (primary N) is 1. The molecule has 0 aromatic heterocycles. The van der Waals surface area contributed by atoms with E-state index in [4.69, 9.17) is 15.2 Å².